The minimum absolute atomic E-state index is 0.174. The maximum Gasteiger partial charge on any atom is 0.146 e. The quantitative estimate of drug-likeness (QED) is 0.680. The van der Waals surface area contributed by atoms with Crippen LogP contribution >= 0.6 is 22.9 Å². The lowest BCUT2D eigenvalue weighted by molar-refractivity contribution is 0.635. The molecule has 0 aliphatic carbocycles. The number of benzene rings is 1. The third kappa shape index (κ3) is 1.37. The van der Waals surface area contributed by atoms with Crippen LogP contribution in [0.4, 0.5) is 4.39 Å². The molecule has 0 N–H and O–H groups in total. The Morgan fingerprint density at radius 3 is 2.93 bits per heavy atom. The van der Waals surface area contributed by atoms with Crippen molar-refractivity contribution < 1.29 is 4.39 Å². The minimum Gasteiger partial charge on any atom is -0.205 e. The molecular formula is C10H5ClFNS. The molecule has 4 heteroatoms. The van der Waals surface area contributed by atoms with Crippen LogP contribution in [-0.2, 0) is 5.88 Å². The number of fused-ring (bicyclic) bond motifs is 1. The van der Waals surface area contributed by atoms with Gasteiger partial charge < -0.3 is 0 Å². The van der Waals surface area contributed by atoms with Crippen LogP contribution in [0.25, 0.3) is 10.1 Å². The van der Waals surface area contributed by atoms with E-state index in [1.54, 1.807) is 18.2 Å². The summed E-state index contributed by atoms with van der Waals surface area (Å²) < 4.78 is 14.3. The second-order valence-electron chi connectivity index (χ2n) is 2.80. The van der Waals surface area contributed by atoms with Crippen LogP contribution in [0.2, 0.25) is 0 Å². The van der Waals surface area contributed by atoms with Crippen LogP contribution in [0, 0.1) is 17.1 Å². The van der Waals surface area contributed by atoms with E-state index >= 15 is 0 Å². The minimum atomic E-state index is -0.260. The van der Waals surface area contributed by atoms with E-state index in [1.807, 2.05) is 6.07 Å². The number of thiophene rings is 1. The zero-order valence-corrected chi connectivity index (χ0v) is 8.62. The number of halogens is 2. The highest BCUT2D eigenvalue weighted by Gasteiger charge is 2.10. The molecule has 0 radical (unpaired) electrons. The second-order valence-corrected chi connectivity index (χ2v) is 4.20. The molecule has 0 spiro atoms. The van der Waals surface area contributed by atoms with Crippen molar-refractivity contribution in [2.75, 3.05) is 0 Å². The molecule has 0 atom stereocenters. The summed E-state index contributed by atoms with van der Waals surface area (Å²) in [5.74, 6) is -0.0861. The van der Waals surface area contributed by atoms with E-state index in [-0.39, 0.29) is 11.7 Å². The number of hydrogen-bond donors (Lipinski definition) is 0. The van der Waals surface area contributed by atoms with E-state index in [2.05, 4.69) is 0 Å². The van der Waals surface area contributed by atoms with Gasteiger partial charge in [0.25, 0.3) is 0 Å². The summed E-state index contributed by atoms with van der Waals surface area (Å²) >= 11 is 6.88. The lowest BCUT2D eigenvalue weighted by atomic mass is 10.2. The van der Waals surface area contributed by atoms with Crippen molar-refractivity contribution in [3.63, 3.8) is 0 Å². The number of nitrogens with zero attached hydrogens (tertiary/aromatic N) is 1. The number of alkyl halides is 1. The predicted octanol–water partition coefficient (Wildman–Crippen LogP) is 3.65. The third-order valence-corrected chi connectivity index (χ3v) is 3.50. The Morgan fingerprint density at radius 2 is 2.29 bits per heavy atom. The van der Waals surface area contributed by atoms with Crippen LogP contribution in [0.3, 0.4) is 0 Å². The summed E-state index contributed by atoms with van der Waals surface area (Å²) in [6.45, 7) is 0. The molecule has 0 fully saturated rings. The average Bonchev–Trinajstić information content (AvgIpc) is 2.55. The maximum absolute atomic E-state index is 13.5. The Morgan fingerprint density at radius 1 is 1.50 bits per heavy atom. The predicted molar refractivity (Wildman–Crippen MR) is 56.1 cm³/mol. The Bertz CT molecular complexity index is 527. The average molecular weight is 226 g/mol. The molecule has 2 aromatic rings. The molecule has 1 aromatic heterocycles. The van der Waals surface area contributed by atoms with Crippen LogP contribution < -0.4 is 0 Å². The lowest BCUT2D eigenvalue weighted by Gasteiger charge is -1.89. The summed E-state index contributed by atoms with van der Waals surface area (Å²) in [5, 5.41) is 9.21. The van der Waals surface area contributed by atoms with Gasteiger partial charge in [0.15, 0.2) is 0 Å². The number of nitriles is 1. The molecule has 0 saturated heterocycles. The summed E-state index contributed by atoms with van der Waals surface area (Å²) in [4.78, 5) is 0.525. The fraction of sp³-hybridized carbons (Fsp3) is 0.100. The zero-order valence-electron chi connectivity index (χ0n) is 7.05. The van der Waals surface area contributed by atoms with Crippen molar-refractivity contribution in [1.29, 1.82) is 5.26 Å². The topological polar surface area (TPSA) is 23.8 Å². The smallest absolute Gasteiger partial charge is 0.146 e. The molecule has 1 heterocycles. The van der Waals surface area contributed by atoms with Crippen molar-refractivity contribution in [2.45, 2.75) is 5.88 Å². The molecule has 0 aliphatic rings. The molecule has 0 unspecified atom stereocenters. The van der Waals surface area contributed by atoms with Gasteiger partial charge in [-0.15, -0.1) is 22.9 Å². The first-order valence-electron chi connectivity index (χ1n) is 3.93. The fourth-order valence-electron chi connectivity index (χ4n) is 1.27. The lowest BCUT2D eigenvalue weighted by Crippen LogP contribution is -1.76. The van der Waals surface area contributed by atoms with Gasteiger partial charge in [0.05, 0.1) is 22.4 Å². The van der Waals surface area contributed by atoms with Crippen molar-refractivity contribution in [1.82, 2.24) is 0 Å². The largest absolute Gasteiger partial charge is 0.205 e. The first-order valence-corrected chi connectivity index (χ1v) is 5.28. The summed E-state index contributed by atoms with van der Waals surface area (Å²) in [6.07, 6.45) is 0. The van der Waals surface area contributed by atoms with Crippen LogP contribution in [0.1, 0.15) is 10.4 Å². The van der Waals surface area contributed by atoms with Gasteiger partial charge in [-0.25, -0.2) is 4.39 Å². The molecule has 1 nitrogen and oxygen atoms in total. The zero-order chi connectivity index (χ0) is 10.1. The van der Waals surface area contributed by atoms with Crippen molar-refractivity contribution in [3.8, 4) is 6.07 Å². The van der Waals surface area contributed by atoms with Gasteiger partial charge in [-0.1, -0.05) is 0 Å². The first-order chi connectivity index (χ1) is 6.76. The molecule has 0 aliphatic heterocycles. The van der Waals surface area contributed by atoms with E-state index in [1.165, 1.54) is 11.3 Å². The molecule has 0 amide bonds. The van der Waals surface area contributed by atoms with E-state index in [4.69, 9.17) is 16.9 Å². The Kier molecular flexibility index (Phi) is 2.40. The second kappa shape index (κ2) is 3.56. The van der Waals surface area contributed by atoms with Gasteiger partial charge in [-0.2, -0.15) is 5.26 Å². The maximum atomic E-state index is 13.5. The van der Waals surface area contributed by atoms with E-state index in [0.717, 1.165) is 4.70 Å². The molecule has 70 valence electrons. The summed E-state index contributed by atoms with van der Waals surface area (Å²) in [7, 11) is 0. The summed E-state index contributed by atoms with van der Waals surface area (Å²) in [6, 6.07) is 6.92. The van der Waals surface area contributed by atoms with Crippen molar-refractivity contribution in [2.24, 2.45) is 0 Å². The molecule has 0 saturated carbocycles. The van der Waals surface area contributed by atoms with Crippen molar-refractivity contribution >= 4 is 33.0 Å². The van der Waals surface area contributed by atoms with Gasteiger partial charge in [0.2, 0.25) is 0 Å². The van der Waals surface area contributed by atoms with Gasteiger partial charge in [0.1, 0.15) is 5.82 Å². The van der Waals surface area contributed by atoms with Gasteiger partial charge >= 0.3 is 0 Å². The van der Waals surface area contributed by atoms with Crippen LogP contribution in [0.15, 0.2) is 18.2 Å². The highest BCUT2D eigenvalue weighted by atomic mass is 35.5. The van der Waals surface area contributed by atoms with Crippen LogP contribution in [0.5, 0.6) is 0 Å². The van der Waals surface area contributed by atoms with Gasteiger partial charge in [-0.05, 0) is 18.2 Å². The van der Waals surface area contributed by atoms with Crippen LogP contribution in [-0.4, -0.2) is 0 Å². The Balaban J connectivity index is 2.74. The third-order valence-electron chi connectivity index (χ3n) is 1.95. The molecule has 14 heavy (non-hydrogen) atoms. The highest BCUT2D eigenvalue weighted by molar-refractivity contribution is 7.19. The molecular weight excluding hydrogens is 221 g/mol. The SMILES string of the molecule is N#Cc1ccc2c(F)c(CCl)sc2c1. The standard InChI is InChI=1S/C10H5ClFNS/c11-4-9-10(12)7-2-1-6(5-13)3-8(7)14-9/h1-3H,4H2. The van der Waals surface area contributed by atoms with E-state index < -0.39 is 0 Å². The number of hydrogen-bond acceptors (Lipinski definition) is 2. The molecule has 0 bridgehead atoms. The normalized spacial score (nSPS) is 10.4. The Hall–Kier alpha value is -1.11. The fourth-order valence-corrected chi connectivity index (χ4v) is 2.53. The number of rotatable bonds is 1. The first kappa shape index (κ1) is 9.45. The Labute approximate surface area is 89.3 Å². The molecule has 2 rings (SSSR count). The van der Waals surface area contributed by atoms with Crippen molar-refractivity contribution in [3.05, 3.63) is 34.5 Å². The monoisotopic (exact) mass is 225 g/mol. The van der Waals surface area contributed by atoms with Gasteiger partial charge in [-0.3, -0.25) is 0 Å². The molecule has 1 aromatic carbocycles. The highest BCUT2D eigenvalue weighted by Crippen LogP contribution is 2.31. The van der Waals surface area contributed by atoms with Gasteiger partial charge in [0, 0.05) is 10.1 Å². The summed E-state index contributed by atoms with van der Waals surface area (Å²) in [5.41, 5.74) is 0.542. The van der Waals surface area contributed by atoms with E-state index in [9.17, 15) is 4.39 Å². The van der Waals surface area contributed by atoms with E-state index in [0.29, 0.717) is 15.8 Å².